The van der Waals surface area contributed by atoms with Crippen molar-refractivity contribution in [1.29, 1.82) is 0 Å². The molecule has 1 rings (SSSR count). The Morgan fingerprint density at radius 1 is 1.22 bits per heavy atom. The standard InChI is InChI=1S/C20H30F3NO2Si/c1-7-17(15-26-27(5,6)19(2,3)4)24(18(25)20(21,22)23)14-13-16-11-9-8-10-12-16/h7-12,17H,1,13-15H2,2-6H3/t17-/m1/s1. The number of halogens is 3. The first-order valence-corrected chi connectivity index (χ1v) is 11.9. The lowest BCUT2D eigenvalue weighted by molar-refractivity contribution is -0.187. The minimum Gasteiger partial charge on any atom is -0.414 e. The predicted octanol–water partition coefficient (Wildman–Crippen LogP) is 5.20. The Hall–Kier alpha value is -1.60. The average Bonchev–Trinajstić information content (AvgIpc) is 2.56. The number of benzene rings is 1. The molecule has 0 aromatic heterocycles. The van der Waals surface area contributed by atoms with E-state index in [4.69, 9.17) is 4.43 Å². The van der Waals surface area contributed by atoms with Crippen molar-refractivity contribution in [2.45, 2.75) is 57.5 Å². The molecule has 152 valence electrons. The monoisotopic (exact) mass is 401 g/mol. The highest BCUT2D eigenvalue weighted by molar-refractivity contribution is 6.74. The summed E-state index contributed by atoms with van der Waals surface area (Å²) < 4.78 is 45.4. The van der Waals surface area contributed by atoms with Gasteiger partial charge in [-0.2, -0.15) is 13.2 Å². The fourth-order valence-corrected chi connectivity index (χ4v) is 3.29. The first-order chi connectivity index (χ1) is 12.3. The highest BCUT2D eigenvalue weighted by atomic mass is 28.4. The van der Waals surface area contributed by atoms with Gasteiger partial charge in [-0.25, -0.2) is 0 Å². The Morgan fingerprint density at radius 2 is 1.78 bits per heavy atom. The molecule has 0 heterocycles. The van der Waals surface area contributed by atoms with Crippen molar-refractivity contribution in [3.63, 3.8) is 0 Å². The summed E-state index contributed by atoms with van der Waals surface area (Å²) in [6.45, 7) is 13.8. The zero-order chi connectivity index (χ0) is 20.9. The van der Waals surface area contributed by atoms with Crippen LogP contribution in [0.15, 0.2) is 43.0 Å². The maximum absolute atomic E-state index is 13.1. The van der Waals surface area contributed by atoms with E-state index < -0.39 is 26.4 Å². The summed E-state index contributed by atoms with van der Waals surface area (Å²) in [5.41, 5.74) is 0.866. The first kappa shape index (κ1) is 23.4. The van der Waals surface area contributed by atoms with Crippen molar-refractivity contribution < 1.29 is 22.4 Å². The van der Waals surface area contributed by atoms with Crippen molar-refractivity contribution in [2.75, 3.05) is 13.2 Å². The molecule has 1 amide bonds. The lowest BCUT2D eigenvalue weighted by Crippen LogP contribution is -2.51. The summed E-state index contributed by atoms with van der Waals surface area (Å²) in [5, 5.41) is -0.0817. The lowest BCUT2D eigenvalue weighted by atomic mass is 10.1. The third kappa shape index (κ3) is 6.81. The fourth-order valence-electron chi connectivity index (χ4n) is 2.27. The molecule has 3 nitrogen and oxygen atoms in total. The van der Waals surface area contributed by atoms with Crippen LogP contribution in [0, 0.1) is 0 Å². The van der Waals surface area contributed by atoms with Gasteiger partial charge in [-0.05, 0) is 30.1 Å². The van der Waals surface area contributed by atoms with Crippen LogP contribution < -0.4 is 0 Å². The van der Waals surface area contributed by atoms with Gasteiger partial charge in [0, 0.05) is 6.54 Å². The minimum atomic E-state index is -4.94. The molecule has 1 aromatic rings. The third-order valence-corrected chi connectivity index (χ3v) is 9.58. The Bertz CT molecular complexity index is 624. The second-order valence-corrected chi connectivity index (χ2v) is 12.9. The van der Waals surface area contributed by atoms with Gasteiger partial charge in [-0.1, -0.05) is 57.2 Å². The van der Waals surface area contributed by atoms with Crippen molar-refractivity contribution in [3.8, 4) is 0 Å². The SMILES string of the molecule is C=C[C@H](CO[Si](C)(C)C(C)(C)C)N(CCc1ccccc1)C(=O)C(F)(F)F. The zero-order valence-corrected chi connectivity index (χ0v) is 17.8. The Kier molecular flexibility index (Phi) is 7.86. The number of hydrogen-bond donors (Lipinski definition) is 0. The number of nitrogens with zero attached hydrogens (tertiary/aromatic N) is 1. The molecule has 0 aliphatic carbocycles. The number of rotatable bonds is 8. The molecule has 1 atom stereocenters. The lowest BCUT2D eigenvalue weighted by Gasteiger charge is -2.39. The van der Waals surface area contributed by atoms with Gasteiger partial charge < -0.3 is 9.33 Å². The van der Waals surface area contributed by atoms with Crippen LogP contribution in [0.1, 0.15) is 26.3 Å². The maximum Gasteiger partial charge on any atom is 0.471 e. The largest absolute Gasteiger partial charge is 0.471 e. The molecule has 0 N–H and O–H groups in total. The molecule has 0 fully saturated rings. The van der Waals surface area contributed by atoms with Gasteiger partial charge in [0.2, 0.25) is 0 Å². The van der Waals surface area contributed by atoms with Crippen molar-refractivity contribution in [1.82, 2.24) is 4.90 Å². The molecule has 0 spiro atoms. The van der Waals surface area contributed by atoms with E-state index in [1.54, 1.807) is 0 Å². The summed E-state index contributed by atoms with van der Waals surface area (Å²) >= 11 is 0. The van der Waals surface area contributed by atoms with Gasteiger partial charge >= 0.3 is 12.1 Å². The fraction of sp³-hybridized carbons (Fsp3) is 0.550. The minimum absolute atomic E-state index is 0.0105. The molecule has 0 aliphatic heterocycles. The molecule has 7 heteroatoms. The Labute approximate surface area is 161 Å². The average molecular weight is 402 g/mol. The summed E-state index contributed by atoms with van der Waals surface area (Å²) in [5.74, 6) is -1.86. The molecule has 27 heavy (non-hydrogen) atoms. The summed E-state index contributed by atoms with van der Waals surface area (Å²) in [6.07, 6.45) is -3.25. The van der Waals surface area contributed by atoms with E-state index in [1.165, 1.54) is 6.08 Å². The molecule has 0 aliphatic rings. The van der Waals surface area contributed by atoms with Crippen LogP contribution in [-0.2, 0) is 15.6 Å². The number of hydrogen-bond acceptors (Lipinski definition) is 2. The maximum atomic E-state index is 13.1. The highest BCUT2D eigenvalue weighted by Gasteiger charge is 2.45. The molecule has 0 saturated heterocycles. The highest BCUT2D eigenvalue weighted by Crippen LogP contribution is 2.36. The molecular weight excluding hydrogens is 371 g/mol. The van der Waals surface area contributed by atoms with Crippen LogP contribution in [0.4, 0.5) is 13.2 Å². The van der Waals surface area contributed by atoms with Gasteiger partial charge in [-0.3, -0.25) is 4.79 Å². The summed E-state index contributed by atoms with van der Waals surface area (Å²) in [7, 11) is -2.16. The third-order valence-electron chi connectivity index (χ3n) is 5.08. The van der Waals surface area contributed by atoms with Crippen molar-refractivity contribution in [2.24, 2.45) is 0 Å². The molecule has 0 bridgehead atoms. The van der Waals surface area contributed by atoms with Crippen molar-refractivity contribution >= 4 is 14.2 Å². The van der Waals surface area contributed by atoms with Gasteiger partial charge in [0.15, 0.2) is 8.32 Å². The van der Waals surface area contributed by atoms with Gasteiger partial charge in [0.05, 0.1) is 12.6 Å². The Morgan fingerprint density at radius 3 is 2.22 bits per heavy atom. The van der Waals surface area contributed by atoms with Crippen molar-refractivity contribution in [3.05, 3.63) is 48.6 Å². The smallest absolute Gasteiger partial charge is 0.414 e. The van der Waals surface area contributed by atoms with E-state index in [0.717, 1.165) is 10.5 Å². The first-order valence-electron chi connectivity index (χ1n) is 8.98. The zero-order valence-electron chi connectivity index (χ0n) is 16.8. The van der Waals surface area contributed by atoms with E-state index in [1.807, 2.05) is 43.4 Å². The van der Waals surface area contributed by atoms with Crippen LogP contribution in [0.2, 0.25) is 18.1 Å². The molecule has 1 aromatic carbocycles. The van der Waals surface area contributed by atoms with Crippen LogP contribution in [0.5, 0.6) is 0 Å². The quantitative estimate of drug-likeness (QED) is 0.443. The van der Waals surface area contributed by atoms with E-state index >= 15 is 0 Å². The molecule has 0 unspecified atom stereocenters. The van der Waals surface area contributed by atoms with Crippen LogP contribution in [-0.4, -0.2) is 44.5 Å². The van der Waals surface area contributed by atoms with E-state index in [9.17, 15) is 18.0 Å². The van der Waals surface area contributed by atoms with Gasteiger partial charge in [-0.15, -0.1) is 6.58 Å². The van der Waals surface area contributed by atoms with E-state index in [2.05, 4.69) is 27.4 Å². The number of carbonyl (C=O) groups is 1. The Balaban J connectivity index is 2.97. The van der Waals surface area contributed by atoms with Gasteiger partial charge in [0.1, 0.15) is 0 Å². The second kappa shape index (κ2) is 9.06. The molecule has 0 radical (unpaired) electrons. The predicted molar refractivity (Wildman–Crippen MR) is 105 cm³/mol. The number of alkyl halides is 3. The van der Waals surface area contributed by atoms with Crippen LogP contribution in [0.25, 0.3) is 0 Å². The number of amides is 1. The number of carbonyl (C=O) groups excluding carboxylic acids is 1. The normalized spacial score (nSPS) is 13.9. The molecule has 0 saturated carbocycles. The second-order valence-electron chi connectivity index (χ2n) is 8.11. The summed E-state index contributed by atoms with van der Waals surface area (Å²) in [4.78, 5) is 12.8. The van der Waals surface area contributed by atoms with Gasteiger partial charge in [0.25, 0.3) is 0 Å². The van der Waals surface area contributed by atoms with E-state index in [-0.39, 0.29) is 18.2 Å². The molecular formula is C20H30F3NO2Si. The topological polar surface area (TPSA) is 29.5 Å². The summed E-state index contributed by atoms with van der Waals surface area (Å²) in [6, 6.07) is 8.28. The van der Waals surface area contributed by atoms with Crippen LogP contribution in [0.3, 0.4) is 0 Å². The van der Waals surface area contributed by atoms with Crippen LogP contribution >= 0.6 is 0 Å². The van der Waals surface area contributed by atoms with E-state index in [0.29, 0.717) is 6.42 Å².